The van der Waals surface area contributed by atoms with Crippen LogP contribution in [0.4, 0.5) is 4.39 Å². The lowest BCUT2D eigenvalue weighted by Gasteiger charge is -2.27. The predicted octanol–water partition coefficient (Wildman–Crippen LogP) is 4.23. The summed E-state index contributed by atoms with van der Waals surface area (Å²) in [5.74, 6) is 1.10. The molecule has 0 saturated heterocycles. The first-order valence-electron chi connectivity index (χ1n) is 8.76. The van der Waals surface area contributed by atoms with Crippen molar-refractivity contribution < 1.29 is 23.4 Å². The standard InChI is InChI=1S/C22H18FNO4/c1-26-20-12-15(22-24-21(25)17-4-2-3-5-18(17)28-22)8-11-19(20)27-13-14-6-9-16(23)10-7-14/h2-12,22H,13H2,1H3,(H,24,25)/t22-/m1/s1. The largest absolute Gasteiger partial charge is 0.493 e. The molecule has 28 heavy (non-hydrogen) atoms. The van der Waals surface area contributed by atoms with Gasteiger partial charge in [-0.1, -0.05) is 24.3 Å². The molecule has 0 unspecified atom stereocenters. The van der Waals surface area contributed by atoms with Crippen LogP contribution in [0, 0.1) is 5.82 Å². The Balaban J connectivity index is 1.52. The van der Waals surface area contributed by atoms with Gasteiger partial charge in [0.1, 0.15) is 18.2 Å². The number of rotatable bonds is 5. The van der Waals surface area contributed by atoms with Crippen molar-refractivity contribution in [1.29, 1.82) is 0 Å². The van der Waals surface area contributed by atoms with Crippen LogP contribution in [-0.2, 0) is 6.61 Å². The van der Waals surface area contributed by atoms with Gasteiger partial charge in [0, 0.05) is 5.56 Å². The van der Waals surface area contributed by atoms with Gasteiger partial charge in [0.2, 0.25) is 0 Å². The lowest BCUT2D eigenvalue weighted by Crippen LogP contribution is -2.36. The first kappa shape index (κ1) is 17.9. The molecular formula is C22H18FNO4. The van der Waals surface area contributed by atoms with Crippen LogP contribution in [0.5, 0.6) is 17.2 Å². The maximum atomic E-state index is 13.0. The summed E-state index contributed by atoms with van der Waals surface area (Å²) in [6.45, 7) is 0.278. The number of benzene rings is 3. The van der Waals surface area contributed by atoms with Crippen LogP contribution >= 0.6 is 0 Å². The minimum absolute atomic E-state index is 0.192. The van der Waals surface area contributed by atoms with Crippen molar-refractivity contribution in [2.75, 3.05) is 7.11 Å². The Morgan fingerprint density at radius 1 is 1.04 bits per heavy atom. The Morgan fingerprint density at radius 2 is 1.82 bits per heavy atom. The van der Waals surface area contributed by atoms with E-state index < -0.39 is 6.23 Å². The van der Waals surface area contributed by atoms with Crippen molar-refractivity contribution in [1.82, 2.24) is 5.32 Å². The topological polar surface area (TPSA) is 56.8 Å². The van der Waals surface area contributed by atoms with Crippen LogP contribution < -0.4 is 19.5 Å². The van der Waals surface area contributed by atoms with E-state index in [-0.39, 0.29) is 18.3 Å². The van der Waals surface area contributed by atoms with Crippen molar-refractivity contribution in [2.45, 2.75) is 12.8 Å². The molecule has 0 aliphatic carbocycles. The second kappa shape index (κ2) is 7.60. The Morgan fingerprint density at radius 3 is 2.61 bits per heavy atom. The average molecular weight is 379 g/mol. The number of carbonyl (C=O) groups excluding carboxylic acids is 1. The Labute approximate surface area is 161 Å². The van der Waals surface area contributed by atoms with E-state index in [1.54, 1.807) is 55.6 Å². The first-order chi connectivity index (χ1) is 13.6. The number of hydrogen-bond acceptors (Lipinski definition) is 4. The number of carbonyl (C=O) groups is 1. The van der Waals surface area contributed by atoms with Gasteiger partial charge in [-0.05, 0) is 48.0 Å². The van der Waals surface area contributed by atoms with Crippen LogP contribution in [0.15, 0.2) is 66.7 Å². The minimum Gasteiger partial charge on any atom is -0.493 e. The molecule has 0 spiro atoms. The van der Waals surface area contributed by atoms with E-state index in [2.05, 4.69) is 5.32 Å². The van der Waals surface area contributed by atoms with Gasteiger partial charge < -0.3 is 19.5 Å². The monoisotopic (exact) mass is 379 g/mol. The van der Waals surface area contributed by atoms with E-state index in [0.29, 0.717) is 22.8 Å². The van der Waals surface area contributed by atoms with E-state index in [1.807, 2.05) is 6.07 Å². The second-order valence-corrected chi connectivity index (χ2v) is 6.29. The van der Waals surface area contributed by atoms with Crippen LogP contribution in [0.1, 0.15) is 27.7 Å². The maximum absolute atomic E-state index is 13.0. The second-order valence-electron chi connectivity index (χ2n) is 6.29. The molecule has 5 nitrogen and oxygen atoms in total. The number of halogens is 1. The molecule has 0 radical (unpaired) electrons. The molecule has 1 aliphatic rings. The molecule has 0 aromatic heterocycles. The van der Waals surface area contributed by atoms with Gasteiger partial charge in [0.05, 0.1) is 12.7 Å². The third kappa shape index (κ3) is 3.62. The van der Waals surface area contributed by atoms with Gasteiger partial charge in [-0.2, -0.15) is 0 Å². The highest BCUT2D eigenvalue weighted by atomic mass is 19.1. The smallest absolute Gasteiger partial charge is 0.258 e. The van der Waals surface area contributed by atoms with Crippen molar-refractivity contribution in [3.8, 4) is 17.2 Å². The highest BCUT2D eigenvalue weighted by Gasteiger charge is 2.26. The average Bonchev–Trinajstić information content (AvgIpc) is 2.73. The van der Waals surface area contributed by atoms with Crippen molar-refractivity contribution in [3.63, 3.8) is 0 Å². The number of methoxy groups -OCH3 is 1. The molecule has 1 amide bonds. The summed E-state index contributed by atoms with van der Waals surface area (Å²) < 4.78 is 30.1. The van der Waals surface area contributed by atoms with Crippen LogP contribution in [0.2, 0.25) is 0 Å². The molecular weight excluding hydrogens is 361 g/mol. The highest BCUT2D eigenvalue weighted by molar-refractivity contribution is 5.98. The van der Waals surface area contributed by atoms with Gasteiger partial charge in [-0.15, -0.1) is 0 Å². The number of amides is 1. The summed E-state index contributed by atoms with van der Waals surface area (Å²) in [5, 5.41) is 2.83. The van der Waals surface area contributed by atoms with E-state index in [9.17, 15) is 9.18 Å². The summed E-state index contributed by atoms with van der Waals surface area (Å²) >= 11 is 0. The molecule has 1 heterocycles. The third-order valence-electron chi connectivity index (χ3n) is 4.44. The molecule has 6 heteroatoms. The lowest BCUT2D eigenvalue weighted by atomic mass is 10.1. The van der Waals surface area contributed by atoms with Gasteiger partial charge in [-0.3, -0.25) is 4.79 Å². The Kier molecular flexibility index (Phi) is 4.85. The van der Waals surface area contributed by atoms with Crippen molar-refractivity contribution in [3.05, 3.63) is 89.2 Å². The van der Waals surface area contributed by atoms with Gasteiger partial charge >= 0.3 is 0 Å². The third-order valence-corrected chi connectivity index (χ3v) is 4.44. The molecule has 4 rings (SSSR count). The van der Waals surface area contributed by atoms with Crippen LogP contribution in [0.3, 0.4) is 0 Å². The first-order valence-corrected chi connectivity index (χ1v) is 8.76. The van der Waals surface area contributed by atoms with Gasteiger partial charge in [0.25, 0.3) is 5.91 Å². The normalized spacial score (nSPS) is 15.2. The molecule has 142 valence electrons. The zero-order chi connectivity index (χ0) is 19.5. The zero-order valence-corrected chi connectivity index (χ0v) is 15.1. The lowest BCUT2D eigenvalue weighted by molar-refractivity contribution is 0.0755. The van der Waals surface area contributed by atoms with Gasteiger partial charge in [-0.25, -0.2) is 4.39 Å². The number of ether oxygens (including phenoxy) is 3. The number of fused-ring (bicyclic) bond motifs is 1. The van der Waals surface area contributed by atoms with Crippen molar-refractivity contribution in [2.24, 2.45) is 0 Å². The fourth-order valence-electron chi connectivity index (χ4n) is 2.97. The quantitative estimate of drug-likeness (QED) is 0.721. The van der Waals surface area contributed by atoms with Crippen molar-refractivity contribution >= 4 is 5.91 Å². The highest BCUT2D eigenvalue weighted by Crippen LogP contribution is 2.34. The predicted molar refractivity (Wildman–Crippen MR) is 101 cm³/mol. The van der Waals surface area contributed by atoms with Crippen LogP contribution in [-0.4, -0.2) is 13.0 Å². The van der Waals surface area contributed by atoms with E-state index in [0.717, 1.165) is 11.1 Å². The molecule has 1 atom stereocenters. The fraction of sp³-hybridized carbons (Fsp3) is 0.136. The number of para-hydroxylation sites is 1. The van der Waals surface area contributed by atoms with E-state index in [4.69, 9.17) is 14.2 Å². The summed E-state index contributed by atoms with van der Waals surface area (Å²) in [7, 11) is 1.54. The zero-order valence-electron chi connectivity index (χ0n) is 15.1. The fourth-order valence-corrected chi connectivity index (χ4v) is 2.97. The number of hydrogen-bond donors (Lipinski definition) is 1. The maximum Gasteiger partial charge on any atom is 0.258 e. The molecule has 0 bridgehead atoms. The SMILES string of the molecule is COc1cc([C@@H]2NC(=O)c3ccccc3O2)ccc1OCc1ccc(F)cc1. The van der Waals surface area contributed by atoms with E-state index in [1.165, 1.54) is 12.1 Å². The summed E-state index contributed by atoms with van der Waals surface area (Å²) in [6.07, 6.45) is -0.623. The molecule has 0 saturated carbocycles. The molecule has 3 aromatic rings. The van der Waals surface area contributed by atoms with Crippen LogP contribution in [0.25, 0.3) is 0 Å². The molecule has 1 aliphatic heterocycles. The minimum atomic E-state index is -0.623. The Hall–Kier alpha value is -3.54. The van der Waals surface area contributed by atoms with Gasteiger partial charge in [0.15, 0.2) is 17.7 Å². The summed E-state index contributed by atoms with van der Waals surface area (Å²) in [4.78, 5) is 12.3. The molecule has 1 N–H and O–H groups in total. The molecule has 3 aromatic carbocycles. The Bertz CT molecular complexity index is 1000. The van der Waals surface area contributed by atoms with E-state index >= 15 is 0 Å². The molecule has 0 fully saturated rings. The summed E-state index contributed by atoms with van der Waals surface area (Å²) in [5.41, 5.74) is 2.07. The number of nitrogens with one attached hydrogen (secondary N) is 1. The summed E-state index contributed by atoms with van der Waals surface area (Å²) in [6, 6.07) is 18.5.